The molecule has 3 aliphatic rings. The van der Waals surface area contributed by atoms with Crippen molar-refractivity contribution in [2.45, 2.75) is 69.4 Å². The van der Waals surface area contributed by atoms with Crippen LogP contribution in [0.2, 0.25) is 0 Å². The molecule has 2 aliphatic carbocycles. The van der Waals surface area contributed by atoms with E-state index in [2.05, 4.69) is 48.4 Å². The van der Waals surface area contributed by atoms with Crippen LogP contribution in [0.5, 0.6) is 0 Å². The minimum Gasteiger partial charge on any atom is -0.239 e. The van der Waals surface area contributed by atoms with Crippen LogP contribution >= 0.6 is 0 Å². The third-order valence-electron chi connectivity index (χ3n) is 8.76. The zero-order valence-electron chi connectivity index (χ0n) is 24.2. The topological polar surface area (TPSA) is 38.1 Å². The number of allylic oxidation sites excluding steroid dienone is 4. The molecule has 2 aromatic carbocycles. The molecule has 1 aromatic heterocycles. The fraction of sp³-hybridized carbons (Fsp3) is 0.382. The van der Waals surface area contributed by atoms with E-state index in [9.17, 15) is 13.0 Å². The molecule has 3 unspecified atom stereocenters. The first-order chi connectivity index (χ1) is 19.4. The lowest BCUT2D eigenvalue weighted by atomic mass is 9.65. The molecule has 2 heterocycles. The van der Waals surface area contributed by atoms with Gasteiger partial charge in [0.2, 0.25) is 0 Å². The summed E-state index contributed by atoms with van der Waals surface area (Å²) in [6, 6.07) is 14.6. The summed E-state index contributed by atoms with van der Waals surface area (Å²) < 4.78 is 46.1. The summed E-state index contributed by atoms with van der Waals surface area (Å²) in [6.07, 6.45) is 12.4. The summed E-state index contributed by atoms with van der Waals surface area (Å²) in [5, 5.41) is 4.68. The number of fused-ring (bicyclic) bond motifs is 2. The number of piperidine rings is 1. The van der Waals surface area contributed by atoms with Crippen molar-refractivity contribution in [3.63, 3.8) is 0 Å². The monoisotopic (exact) mass is 574 g/mol. The number of thiol groups is 1. The molecule has 0 saturated carbocycles. The minimum atomic E-state index is -1.74. The Labute approximate surface area is 244 Å². The standard InChI is InChI=1S/C34H37F2N3OS/c1-32(2,3)26-5-11-30(12-6-26)41(40)38-18-15-27-19-31-25(22-37-39(31)29-9-7-28(35)8-10-29)21-34(27,23-38)20-24-13-16-33(4,36)17-14-24/h5-14,16,19,22H,15,17-18,20-21,23H2,1-4H3/p+1. The van der Waals surface area contributed by atoms with Crippen molar-refractivity contribution in [3.05, 3.63) is 107 Å². The lowest BCUT2D eigenvalue weighted by molar-refractivity contribution is 0.213. The predicted octanol–water partition coefficient (Wildman–Crippen LogP) is 7.62. The van der Waals surface area contributed by atoms with Gasteiger partial charge in [0.1, 0.15) is 11.5 Å². The van der Waals surface area contributed by atoms with Gasteiger partial charge in [0.25, 0.3) is 0 Å². The van der Waals surface area contributed by atoms with Crippen LogP contribution in [0.1, 0.15) is 63.8 Å². The van der Waals surface area contributed by atoms with Gasteiger partial charge >= 0.3 is 0 Å². The minimum absolute atomic E-state index is 0.0358. The van der Waals surface area contributed by atoms with Gasteiger partial charge in [-0.3, -0.25) is 0 Å². The summed E-state index contributed by atoms with van der Waals surface area (Å²) >= 11 is 0. The van der Waals surface area contributed by atoms with E-state index in [4.69, 9.17) is 0 Å². The van der Waals surface area contributed by atoms with Crippen molar-refractivity contribution in [2.24, 2.45) is 5.41 Å². The van der Waals surface area contributed by atoms with Gasteiger partial charge in [-0.1, -0.05) is 60.4 Å². The number of benzene rings is 2. The maximum absolute atomic E-state index is 14.6. The molecule has 0 radical (unpaired) electrons. The summed E-state index contributed by atoms with van der Waals surface area (Å²) in [5.74, 6) is -0.278. The normalized spacial score (nSPS) is 25.2. The Morgan fingerprint density at radius 3 is 2.46 bits per heavy atom. The molecule has 3 aromatic rings. The van der Waals surface area contributed by atoms with Gasteiger partial charge in [-0.05, 0) is 91.3 Å². The fourth-order valence-electron chi connectivity index (χ4n) is 6.35. The van der Waals surface area contributed by atoms with Crippen molar-refractivity contribution in [3.8, 4) is 5.69 Å². The van der Waals surface area contributed by atoms with Gasteiger partial charge in [0.05, 0.1) is 24.1 Å². The van der Waals surface area contributed by atoms with Gasteiger partial charge in [-0.2, -0.15) is 5.10 Å². The molecule has 0 bridgehead atoms. The first kappa shape index (κ1) is 28.0. The molecule has 0 spiro atoms. The van der Waals surface area contributed by atoms with Crippen LogP contribution in [0.15, 0.2) is 89.0 Å². The van der Waals surface area contributed by atoms with Gasteiger partial charge in [-0.15, -0.1) is 4.31 Å². The van der Waals surface area contributed by atoms with E-state index in [1.165, 1.54) is 23.3 Å². The molecular weight excluding hydrogens is 536 g/mol. The first-order valence-electron chi connectivity index (χ1n) is 14.4. The van der Waals surface area contributed by atoms with Crippen LogP contribution in [-0.2, 0) is 27.0 Å². The van der Waals surface area contributed by atoms with Crippen LogP contribution in [0.3, 0.4) is 0 Å². The number of hydrogen-bond acceptors (Lipinski definition) is 2. The van der Waals surface area contributed by atoms with Crippen LogP contribution in [0.4, 0.5) is 8.78 Å². The highest BCUT2D eigenvalue weighted by Crippen LogP contribution is 2.49. The Morgan fingerprint density at radius 1 is 1.07 bits per heavy atom. The third-order valence-corrected chi connectivity index (χ3v) is 10.4. The first-order valence-corrected chi connectivity index (χ1v) is 15.6. The molecular formula is C34H38F2N3OS+. The second kappa shape index (κ2) is 10.3. The number of nitrogens with zero attached hydrogens (tertiary/aromatic N) is 3. The van der Waals surface area contributed by atoms with E-state index in [1.54, 1.807) is 25.1 Å². The van der Waals surface area contributed by atoms with E-state index >= 15 is 0 Å². The summed E-state index contributed by atoms with van der Waals surface area (Å²) in [7, 11) is -1.74. The quantitative estimate of drug-likeness (QED) is 0.232. The Hall–Kier alpha value is -3.16. The fourth-order valence-corrected chi connectivity index (χ4v) is 7.76. The van der Waals surface area contributed by atoms with Crippen molar-refractivity contribution in [1.29, 1.82) is 0 Å². The third kappa shape index (κ3) is 5.54. The van der Waals surface area contributed by atoms with E-state index in [1.807, 2.05) is 35.2 Å². The van der Waals surface area contributed by atoms with Crippen molar-refractivity contribution in [1.82, 2.24) is 14.1 Å². The summed E-state index contributed by atoms with van der Waals surface area (Å²) in [4.78, 5) is 0.848. The molecule has 0 amide bonds. The number of aromatic nitrogens is 2. The Balaban J connectivity index is 1.34. The lowest BCUT2D eigenvalue weighted by Crippen LogP contribution is -2.47. The number of hydrogen-bond donors (Lipinski definition) is 0. The smallest absolute Gasteiger partial charge is 0.178 e. The molecule has 3 atom stereocenters. The second-order valence-electron chi connectivity index (χ2n) is 13.0. The average Bonchev–Trinajstić information content (AvgIpc) is 3.34. The van der Waals surface area contributed by atoms with Crippen LogP contribution in [0, 0.1) is 11.2 Å². The summed E-state index contributed by atoms with van der Waals surface area (Å²) in [5.41, 5.74) is 5.02. The predicted molar refractivity (Wildman–Crippen MR) is 163 cm³/mol. The van der Waals surface area contributed by atoms with E-state index < -0.39 is 16.7 Å². The van der Waals surface area contributed by atoms with Crippen molar-refractivity contribution in [2.75, 3.05) is 13.1 Å². The van der Waals surface area contributed by atoms with E-state index in [-0.39, 0.29) is 16.6 Å². The van der Waals surface area contributed by atoms with Crippen LogP contribution in [-0.4, -0.2) is 32.8 Å². The zero-order chi connectivity index (χ0) is 29.0. The zero-order valence-corrected chi connectivity index (χ0v) is 25.1. The van der Waals surface area contributed by atoms with Crippen molar-refractivity contribution >= 4 is 17.1 Å². The van der Waals surface area contributed by atoms with Crippen LogP contribution < -0.4 is 0 Å². The SMILES string of the molecule is CC1(F)C=CC(CC23Cc4cnn(-c5ccc(F)cc5)c4C=C2CCN([SH+](=O)c2ccc(C(C)(C)C)cc2)C3)=CC1. The molecule has 1 fully saturated rings. The Bertz CT molecular complexity index is 1580. The van der Waals surface area contributed by atoms with Crippen LogP contribution in [0.25, 0.3) is 11.8 Å². The Kier molecular flexibility index (Phi) is 7.02. The largest absolute Gasteiger partial charge is 0.239 e. The molecule has 0 N–H and O–H groups in total. The highest BCUT2D eigenvalue weighted by atomic mass is 32.2. The van der Waals surface area contributed by atoms with E-state index in [0.717, 1.165) is 46.7 Å². The summed E-state index contributed by atoms with van der Waals surface area (Å²) in [6.45, 7) is 9.49. The highest BCUT2D eigenvalue weighted by molar-refractivity contribution is 7.82. The molecule has 41 heavy (non-hydrogen) atoms. The van der Waals surface area contributed by atoms with Gasteiger partial charge in [-0.25, -0.2) is 13.5 Å². The van der Waals surface area contributed by atoms with Gasteiger partial charge in [0, 0.05) is 18.4 Å². The molecule has 1 saturated heterocycles. The Morgan fingerprint density at radius 2 is 1.80 bits per heavy atom. The molecule has 214 valence electrons. The number of rotatable bonds is 5. The molecule has 1 aliphatic heterocycles. The second-order valence-corrected chi connectivity index (χ2v) is 14.7. The average molecular weight is 575 g/mol. The van der Waals surface area contributed by atoms with Crippen molar-refractivity contribution < 1.29 is 13.0 Å². The number of halogens is 2. The lowest BCUT2D eigenvalue weighted by Gasteiger charge is -2.45. The van der Waals surface area contributed by atoms with E-state index in [0.29, 0.717) is 19.5 Å². The molecule has 7 heteroatoms. The van der Waals surface area contributed by atoms with Gasteiger partial charge in [0.15, 0.2) is 15.9 Å². The highest BCUT2D eigenvalue weighted by Gasteiger charge is 2.46. The maximum Gasteiger partial charge on any atom is 0.178 e. The molecule has 4 nitrogen and oxygen atoms in total. The molecule has 6 rings (SSSR count). The number of alkyl halides is 1. The maximum atomic E-state index is 14.6. The van der Waals surface area contributed by atoms with Gasteiger partial charge < -0.3 is 0 Å².